The average Bonchev–Trinajstić information content (AvgIpc) is 3.28. The van der Waals surface area contributed by atoms with Crippen molar-refractivity contribution in [3.63, 3.8) is 0 Å². The molecule has 2 aromatic heterocycles. The van der Waals surface area contributed by atoms with Gasteiger partial charge >= 0.3 is 12.1 Å². The Balaban J connectivity index is 1.99. The van der Waals surface area contributed by atoms with Gasteiger partial charge in [0.25, 0.3) is 10.0 Å². The van der Waals surface area contributed by atoms with Gasteiger partial charge in [-0.25, -0.2) is 28.0 Å². The van der Waals surface area contributed by atoms with Gasteiger partial charge in [0, 0.05) is 0 Å². The summed E-state index contributed by atoms with van der Waals surface area (Å²) in [6.07, 6.45) is 0.283. The standard InChI is InChI=1S/C16H21N5O7S3/c1-5-27-13(23)11-12(29-8-19-11)21-31(25,26)10-7-17-14(30-10)20-9(22)6-18-15(24)28-16(2,3)4/h7-8,21H,5-6H2,1-4H3,(H,18,24)(H,17,20,22). The minimum absolute atomic E-state index is 0.000929. The number of esters is 1. The largest absolute Gasteiger partial charge is 0.461 e. The van der Waals surface area contributed by atoms with Crippen LogP contribution in [0.1, 0.15) is 38.2 Å². The molecule has 0 aliphatic carbocycles. The van der Waals surface area contributed by atoms with Crippen molar-refractivity contribution in [2.75, 3.05) is 23.2 Å². The second-order valence-electron chi connectivity index (χ2n) is 6.74. The third-order valence-corrected chi connectivity index (χ3v) is 6.65. The monoisotopic (exact) mass is 491 g/mol. The van der Waals surface area contributed by atoms with Crippen LogP contribution in [0.2, 0.25) is 0 Å². The van der Waals surface area contributed by atoms with Gasteiger partial charge in [0.2, 0.25) is 5.91 Å². The zero-order chi connectivity index (χ0) is 23.2. The lowest BCUT2D eigenvalue weighted by atomic mass is 10.2. The van der Waals surface area contributed by atoms with Crippen LogP contribution in [0.15, 0.2) is 15.9 Å². The third-order valence-electron chi connectivity index (χ3n) is 3.05. The number of rotatable bonds is 8. The summed E-state index contributed by atoms with van der Waals surface area (Å²) in [4.78, 5) is 43.0. The van der Waals surface area contributed by atoms with Crippen molar-refractivity contribution in [1.82, 2.24) is 15.3 Å². The quantitative estimate of drug-likeness (QED) is 0.468. The Morgan fingerprint density at radius 1 is 1.19 bits per heavy atom. The molecule has 3 N–H and O–H groups in total. The molecule has 0 aliphatic heterocycles. The van der Waals surface area contributed by atoms with E-state index in [4.69, 9.17) is 9.47 Å². The number of hydrogen-bond donors (Lipinski definition) is 3. The van der Waals surface area contributed by atoms with Crippen LogP contribution in [0.4, 0.5) is 14.9 Å². The summed E-state index contributed by atoms with van der Waals surface area (Å²) in [5.41, 5.74) is 0.443. The molecule has 0 spiro atoms. The van der Waals surface area contributed by atoms with Gasteiger partial charge in [-0.15, -0.1) is 11.3 Å². The molecule has 2 rings (SSSR count). The molecule has 0 radical (unpaired) electrons. The van der Waals surface area contributed by atoms with Gasteiger partial charge in [-0.1, -0.05) is 11.3 Å². The highest BCUT2D eigenvalue weighted by Gasteiger charge is 2.24. The number of anilines is 2. The molecule has 12 nitrogen and oxygen atoms in total. The van der Waals surface area contributed by atoms with Crippen molar-refractivity contribution in [1.29, 1.82) is 0 Å². The zero-order valence-electron chi connectivity index (χ0n) is 17.0. The average molecular weight is 492 g/mol. The first-order chi connectivity index (χ1) is 14.4. The van der Waals surface area contributed by atoms with E-state index in [1.54, 1.807) is 27.7 Å². The second kappa shape index (κ2) is 10.0. The fourth-order valence-corrected chi connectivity index (χ4v) is 4.94. The predicted molar refractivity (Wildman–Crippen MR) is 114 cm³/mol. The summed E-state index contributed by atoms with van der Waals surface area (Å²) in [6.45, 7) is 6.38. The number of sulfonamides is 1. The van der Waals surface area contributed by atoms with Crippen LogP contribution >= 0.6 is 22.7 Å². The Labute approximate surface area is 186 Å². The van der Waals surface area contributed by atoms with Crippen molar-refractivity contribution in [2.45, 2.75) is 37.5 Å². The fourth-order valence-electron chi connectivity index (χ4n) is 1.91. The molecule has 0 fully saturated rings. The van der Waals surface area contributed by atoms with E-state index in [-0.39, 0.29) is 26.6 Å². The maximum absolute atomic E-state index is 12.6. The summed E-state index contributed by atoms with van der Waals surface area (Å²) >= 11 is 1.61. The number of thiazole rings is 2. The lowest BCUT2D eigenvalue weighted by molar-refractivity contribution is -0.115. The van der Waals surface area contributed by atoms with Gasteiger partial charge in [0.1, 0.15) is 17.1 Å². The number of nitrogens with zero attached hydrogens (tertiary/aromatic N) is 2. The highest BCUT2D eigenvalue weighted by atomic mass is 32.2. The molecule has 0 aromatic carbocycles. The summed E-state index contributed by atoms with van der Waals surface area (Å²) in [6, 6.07) is 0. The second-order valence-corrected chi connectivity index (χ2v) is 10.5. The maximum Gasteiger partial charge on any atom is 0.408 e. The first-order valence-electron chi connectivity index (χ1n) is 8.77. The first kappa shape index (κ1) is 24.5. The smallest absolute Gasteiger partial charge is 0.408 e. The minimum Gasteiger partial charge on any atom is -0.461 e. The van der Waals surface area contributed by atoms with Crippen LogP contribution in [0.3, 0.4) is 0 Å². The van der Waals surface area contributed by atoms with E-state index >= 15 is 0 Å². The van der Waals surface area contributed by atoms with Crippen LogP contribution in [-0.2, 0) is 24.3 Å². The van der Waals surface area contributed by atoms with E-state index in [1.165, 1.54) is 5.51 Å². The number of nitrogens with one attached hydrogen (secondary N) is 3. The molecule has 2 amide bonds. The number of carbonyl (C=O) groups excluding carboxylic acids is 3. The topological polar surface area (TPSA) is 166 Å². The highest BCUT2D eigenvalue weighted by molar-refractivity contribution is 7.95. The lowest BCUT2D eigenvalue weighted by Crippen LogP contribution is -2.37. The number of carbonyl (C=O) groups is 3. The Morgan fingerprint density at radius 3 is 2.55 bits per heavy atom. The SMILES string of the molecule is CCOC(=O)c1ncsc1NS(=O)(=O)c1cnc(NC(=O)CNC(=O)OC(C)(C)C)s1. The van der Waals surface area contributed by atoms with Gasteiger partial charge in [-0.05, 0) is 27.7 Å². The molecule has 0 saturated heterocycles. The molecule has 0 atom stereocenters. The van der Waals surface area contributed by atoms with Gasteiger partial charge in [0.05, 0.1) is 18.3 Å². The van der Waals surface area contributed by atoms with Crippen molar-refractivity contribution in [3.8, 4) is 0 Å². The molecule has 0 unspecified atom stereocenters. The maximum atomic E-state index is 12.6. The van der Waals surface area contributed by atoms with Crippen molar-refractivity contribution >= 4 is 60.8 Å². The van der Waals surface area contributed by atoms with Crippen molar-refractivity contribution in [3.05, 3.63) is 17.4 Å². The molecule has 0 saturated carbocycles. The van der Waals surface area contributed by atoms with Gasteiger partial charge in [-0.2, -0.15) is 0 Å². The normalized spacial score (nSPS) is 11.5. The number of ether oxygens (including phenoxy) is 2. The minimum atomic E-state index is -4.09. The Bertz CT molecular complexity index is 1060. The number of alkyl carbamates (subject to hydrolysis) is 1. The van der Waals surface area contributed by atoms with Crippen LogP contribution in [0.5, 0.6) is 0 Å². The van der Waals surface area contributed by atoms with Crippen molar-refractivity contribution in [2.24, 2.45) is 0 Å². The van der Waals surface area contributed by atoms with Crippen LogP contribution in [0, 0.1) is 0 Å². The van der Waals surface area contributed by atoms with E-state index in [1.807, 2.05) is 0 Å². The molecule has 0 aliphatic rings. The lowest BCUT2D eigenvalue weighted by Gasteiger charge is -2.19. The first-order valence-corrected chi connectivity index (χ1v) is 11.9. The van der Waals surface area contributed by atoms with E-state index in [0.717, 1.165) is 17.5 Å². The zero-order valence-corrected chi connectivity index (χ0v) is 19.5. The Hall–Kier alpha value is -2.78. The van der Waals surface area contributed by atoms with Gasteiger partial charge in [0.15, 0.2) is 15.0 Å². The summed E-state index contributed by atoms with van der Waals surface area (Å²) in [7, 11) is -4.09. The van der Waals surface area contributed by atoms with Crippen LogP contribution in [0.25, 0.3) is 0 Å². The third kappa shape index (κ3) is 7.45. The van der Waals surface area contributed by atoms with Crippen molar-refractivity contribution < 1.29 is 32.3 Å². The van der Waals surface area contributed by atoms with Gasteiger partial charge < -0.3 is 20.1 Å². The summed E-state index contributed by atoms with van der Waals surface area (Å²) in [5, 5.41) is 4.66. The molecule has 31 heavy (non-hydrogen) atoms. The van der Waals surface area contributed by atoms with E-state index in [2.05, 4.69) is 25.3 Å². The number of aromatic nitrogens is 2. The van der Waals surface area contributed by atoms with Crippen LogP contribution in [-0.4, -0.2) is 55.1 Å². The number of amides is 2. The van der Waals surface area contributed by atoms with E-state index < -0.39 is 40.1 Å². The number of hydrogen-bond acceptors (Lipinski definition) is 11. The molecule has 2 aromatic rings. The highest BCUT2D eigenvalue weighted by Crippen LogP contribution is 2.28. The molecule has 2 heterocycles. The molecule has 0 bridgehead atoms. The Morgan fingerprint density at radius 2 is 1.90 bits per heavy atom. The molecule has 170 valence electrons. The van der Waals surface area contributed by atoms with E-state index in [0.29, 0.717) is 11.3 Å². The summed E-state index contributed by atoms with van der Waals surface area (Å²) < 4.78 is 37.1. The molecule has 15 heteroatoms. The predicted octanol–water partition coefficient (Wildman–Crippen LogP) is 2.04. The molecular weight excluding hydrogens is 470 g/mol. The molecular formula is C16H21N5O7S3. The Kier molecular flexibility index (Phi) is 7.91. The van der Waals surface area contributed by atoms with E-state index in [9.17, 15) is 22.8 Å². The summed E-state index contributed by atoms with van der Waals surface area (Å²) in [5.74, 6) is -1.37. The van der Waals surface area contributed by atoms with Crippen LogP contribution < -0.4 is 15.4 Å². The van der Waals surface area contributed by atoms with Gasteiger partial charge in [-0.3, -0.25) is 9.52 Å². The fraction of sp³-hybridized carbons (Fsp3) is 0.438.